The van der Waals surface area contributed by atoms with Crippen LogP contribution in [0, 0.1) is 17.3 Å². The van der Waals surface area contributed by atoms with Gasteiger partial charge in [-0.3, -0.25) is 0 Å². The number of hydrogen-bond donors (Lipinski definition) is 2. The molecule has 1 fully saturated rings. The summed E-state index contributed by atoms with van der Waals surface area (Å²) in [7, 11) is 1.70. The molecule has 162 valence electrons. The summed E-state index contributed by atoms with van der Waals surface area (Å²) in [5.41, 5.74) is 3.28. The minimum absolute atomic E-state index is 0.00344. The molecule has 0 saturated heterocycles. The number of aliphatic hydroxyl groups is 1. The van der Waals surface area contributed by atoms with E-state index in [1.807, 2.05) is 6.07 Å². The zero-order valence-electron chi connectivity index (χ0n) is 19.2. The summed E-state index contributed by atoms with van der Waals surface area (Å²) in [6.45, 7) is 11.4. The molecule has 3 aliphatic carbocycles. The highest BCUT2D eigenvalue weighted by Gasteiger charge is 2.56. The van der Waals surface area contributed by atoms with E-state index in [-0.39, 0.29) is 23.4 Å². The molecule has 0 spiro atoms. The average molecular weight is 401 g/mol. The minimum atomic E-state index is -0.00344. The number of hydrogen-bond acceptors (Lipinski definition) is 3. The third kappa shape index (κ3) is 3.95. The normalized spacial score (nSPS) is 25.3. The highest BCUT2D eigenvalue weighted by atomic mass is 16.5. The van der Waals surface area contributed by atoms with Gasteiger partial charge in [0.05, 0.1) is 13.7 Å². The predicted molar refractivity (Wildman–Crippen MR) is 120 cm³/mol. The molecule has 0 radical (unpaired) electrons. The van der Waals surface area contributed by atoms with Crippen LogP contribution in [0.4, 0.5) is 0 Å². The molecule has 3 heteroatoms. The second-order valence-electron chi connectivity index (χ2n) is 10.4. The Balaban J connectivity index is 1.94. The summed E-state index contributed by atoms with van der Waals surface area (Å²) < 4.78 is 5.81. The molecule has 0 amide bonds. The molecule has 0 aliphatic heterocycles. The van der Waals surface area contributed by atoms with Gasteiger partial charge in [-0.25, -0.2) is 0 Å². The number of phenolic OH excluding ortho intramolecular Hbond substituents is 1. The summed E-state index contributed by atoms with van der Waals surface area (Å²) >= 11 is 0. The maximum absolute atomic E-state index is 11.1. The number of aromatic hydroxyl groups is 1. The van der Waals surface area contributed by atoms with E-state index in [0.29, 0.717) is 17.6 Å². The second kappa shape index (κ2) is 8.34. The Morgan fingerprint density at radius 1 is 1.17 bits per heavy atom. The first-order valence-corrected chi connectivity index (χ1v) is 11.4. The molecule has 2 bridgehead atoms. The van der Waals surface area contributed by atoms with Crippen LogP contribution in [0.25, 0.3) is 0 Å². The van der Waals surface area contributed by atoms with Crippen molar-refractivity contribution < 1.29 is 14.9 Å². The third-order valence-corrected chi connectivity index (χ3v) is 7.91. The fourth-order valence-electron chi connectivity index (χ4n) is 5.75. The Morgan fingerprint density at radius 2 is 1.90 bits per heavy atom. The van der Waals surface area contributed by atoms with Crippen molar-refractivity contribution in [1.82, 2.24) is 0 Å². The minimum Gasteiger partial charge on any atom is -0.507 e. The van der Waals surface area contributed by atoms with Crippen LogP contribution in [0.2, 0.25) is 0 Å². The lowest BCUT2D eigenvalue weighted by atomic mass is 9.45. The van der Waals surface area contributed by atoms with Crippen molar-refractivity contribution in [1.29, 1.82) is 0 Å². The molecular weight excluding hydrogens is 360 g/mol. The van der Waals surface area contributed by atoms with Gasteiger partial charge in [-0.2, -0.15) is 0 Å². The molecule has 3 aliphatic rings. The van der Waals surface area contributed by atoms with Gasteiger partial charge in [0, 0.05) is 11.5 Å². The standard InChI is InChI=1S/C26H40O3/c1-7-8-9-10-11-25(2,3)18-13-22(28)24(23(14-18)29-6)19-12-17(16-27)20-15-21(19)26(20,4)5/h12-14,19-21,27-28H,7-11,15-16H2,1-6H3/t19-,20-,21?/m0/s1. The molecule has 1 unspecified atom stereocenters. The SMILES string of the molecule is CCCCCCC(C)(C)c1cc(O)c([C@H]2C=C(CO)[C@@H]3CC2C3(C)C)c(OC)c1. The topological polar surface area (TPSA) is 49.7 Å². The van der Waals surface area contributed by atoms with Crippen molar-refractivity contribution in [2.24, 2.45) is 17.3 Å². The number of methoxy groups -OCH3 is 1. The summed E-state index contributed by atoms with van der Waals surface area (Å²) in [6.07, 6.45) is 9.36. The second-order valence-corrected chi connectivity index (χ2v) is 10.4. The van der Waals surface area contributed by atoms with E-state index in [4.69, 9.17) is 4.74 Å². The molecule has 2 N–H and O–H groups in total. The van der Waals surface area contributed by atoms with E-state index in [1.54, 1.807) is 7.11 Å². The van der Waals surface area contributed by atoms with Gasteiger partial charge in [-0.15, -0.1) is 0 Å². The summed E-state index contributed by atoms with van der Waals surface area (Å²) in [5.74, 6) is 2.13. The number of unbranched alkanes of at least 4 members (excludes halogenated alkanes) is 3. The van der Waals surface area contributed by atoms with Gasteiger partial charge < -0.3 is 14.9 Å². The average Bonchev–Trinajstić information content (AvgIpc) is 2.69. The molecule has 0 heterocycles. The molecule has 3 atom stereocenters. The van der Waals surface area contributed by atoms with E-state index in [9.17, 15) is 10.2 Å². The third-order valence-electron chi connectivity index (χ3n) is 7.91. The summed E-state index contributed by atoms with van der Waals surface area (Å²) in [6, 6.07) is 4.10. The van der Waals surface area contributed by atoms with E-state index in [0.717, 1.165) is 35.3 Å². The molecule has 3 nitrogen and oxygen atoms in total. The lowest BCUT2D eigenvalue weighted by Crippen LogP contribution is -2.51. The quantitative estimate of drug-likeness (QED) is 0.376. The Morgan fingerprint density at radius 3 is 2.48 bits per heavy atom. The van der Waals surface area contributed by atoms with Crippen LogP contribution in [0.3, 0.4) is 0 Å². The van der Waals surface area contributed by atoms with Crippen LogP contribution in [0.15, 0.2) is 23.8 Å². The first kappa shape index (κ1) is 22.2. The van der Waals surface area contributed by atoms with Crippen LogP contribution in [0.1, 0.15) is 90.2 Å². The number of benzene rings is 1. The molecule has 1 aromatic rings. The number of aliphatic hydroxyl groups excluding tert-OH is 1. The fourth-order valence-corrected chi connectivity index (χ4v) is 5.75. The van der Waals surface area contributed by atoms with E-state index < -0.39 is 0 Å². The van der Waals surface area contributed by atoms with E-state index >= 15 is 0 Å². The molecule has 0 aromatic heterocycles. The number of rotatable bonds is 9. The van der Waals surface area contributed by atoms with Gasteiger partial charge in [-0.1, -0.05) is 66.4 Å². The van der Waals surface area contributed by atoms with Gasteiger partial charge in [0.2, 0.25) is 0 Å². The zero-order chi connectivity index (χ0) is 21.4. The number of allylic oxidation sites excluding steroid dienone is 1. The maximum Gasteiger partial charge on any atom is 0.126 e. The van der Waals surface area contributed by atoms with Gasteiger partial charge in [0.25, 0.3) is 0 Å². The lowest BCUT2D eigenvalue weighted by molar-refractivity contribution is -0.0260. The van der Waals surface area contributed by atoms with Crippen molar-refractivity contribution in [3.8, 4) is 11.5 Å². The van der Waals surface area contributed by atoms with Gasteiger partial charge >= 0.3 is 0 Å². The lowest BCUT2D eigenvalue weighted by Gasteiger charge is -2.59. The van der Waals surface area contributed by atoms with Crippen LogP contribution in [-0.4, -0.2) is 23.9 Å². The molecule has 29 heavy (non-hydrogen) atoms. The Hall–Kier alpha value is -1.48. The smallest absolute Gasteiger partial charge is 0.126 e. The van der Waals surface area contributed by atoms with Crippen molar-refractivity contribution in [2.45, 2.75) is 84.5 Å². The highest BCUT2D eigenvalue weighted by molar-refractivity contribution is 5.54. The van der Waals surface area contributed by atoms with Gasteiger partial charge in [0.15, 0.2) is 0 Å². The van der Waals surface area contributed by atoms with Crippen molar-refractivity contribution >= 4 is 0 Å². The van der Waals surface area contributed by atoms with Crippen LogP contribution in [0.5, 0.6) is 11.5 Å². The number of fused-ring (bicyclic) bond motifs is 1. The predicted octanol–water partition coefficient (Wildman–Crippen LogP) is 6.33. The maximum atomic E-state index is 11.1. The van der Waals surface area contributed by atoms with Gasteiger partial charge in [-0.05, 0) is 58.8 Å². The number of phenols is 1. The van der Waals surface area contributed by atoms with Crippen LogP contribution < -0.4 is 4.74 Å². The Bertz CT molecular complexity index is 759. The Kier molecular flexibility index (Phi) is 6.38. The van der Waals surface area contributed by atoms with E-state index in [1.165, 1.54) is 25.7 Å². The molecule has 1 aromatic carbocycles. The fraction of sp³-hybridized carbons (Fsp3) is 0.692. The highest BCUT2D eigenvalue weighted by Crippen LogP contribution is 2.65. The van der Waals surface area contributed by atoms with Crippen LogP contribution in [-0.2, 0) is 5.41 Å². The van der Waals surface area contributed by atoms with E-state index in [2.05, 4.69) is 46.8 Å². The van der Waals surface area contributed by atoms with Crippen molar-refractivity contribution in [3.05, 3.63) is 34.9 Å². The monoisotopic (exact) mass is 400 g/mol. The zero-order valence-corrected chi connectivity index (χ0v) is 19.2. The summed E-state index contributed by atoms with van der Waals surface area (Å²) in [5, 5.41) is 21.0. The van der Waals surface area contributed by atoms with Gasteiger partial charge in [0.1, 0.15) is 11.5 Å². The molecular formula is C26H40O3. The van der Waals surface area contributed by atoms with Crippen molar-refractivity contribution in [3.63, 3.8) is 0 Å². The first-order chi connectivity index (χ1) is 13.7. The largest absolute Gasteiger partial charge is 0.507 e. The van der Waals surface area contributed by atoms with Crippen molar-refractivity contribution in [2.75, 3.05) is 13.7 Å². The molecule has 1 saturated carbocycles. The Labute approximate surface area is 177 Å². The van der Waals surface area contributed by atoms with Crippen LogP contribution >= 0.6 is 0 Å². The summed E-state index contributed by atoms with van der Waals surface area (Å²) in [4.78, 5) is 0. The first-order valence-electron chi connectivity index (χ1n) is 11.4. The molecule has 4 rings (SSSR count). The number of ether oxygens (including phenoxy) is 1.